The third kappa shape index (κ3) is 4.71. The molecule has 8 nitrogen and oxygen atoms in total. The molecular formula is C24H28FN5O3. The van der Waals surface area contributed by atoms with Crippen LogP contribution in [0.4, 0.5) is 4.39 Å². The zero-order chi connectivity index (χ0) is 22.8. The highest BCUT2D eigenvalue weighted by molar-refractivity contribution is 5.95. The summed E-state index contributed by atoms with van der Waals surface area (Å²) in [5, 5.41) is 7.83. The normalized spacial score (nSPS) is 24.2. The number of carbonyl (C=O) groups is 1. The van der Waals surface area contributed by atoms with Crippen LogP contribution in [0.2, 0.25) is 0 Å². The van der Waals surface area contributed by atoms with E-state index in [2.05, 4.69) is 21.9 Å². The van der Waals surface area contributed by atoms with E-state index < -0.39 is 6.23 Å². The lowest BCUT2D eigenvalue weighted by Crippen LogP contribution is -2.60. The van der Waals surface area contributed by atoms with Crippen molar-refractivity contribution in [1.29, 1.82) is 0 Å². The topological polar surface area (TPSA) is 60.9 Å². The maximum Gasteiger partial charge on any atom is 0.260 e. The van der Waals surface area contributed by atoms with Gasteiger partial charge in [-0.05, 0) is 25.2 Å². The highest BCUT2D eigenvalue weighted by Gasteiger charge is 2.42. The second-order valence-corrected chi connectivity index (χ2v) is 8.59. The summed E-state index contributed by atoms with van der Waals surface area (Å²) in [6.07, 6.45) is 0.247. The van der Waals surface area contributed by atoms with Crippen molar-refractivity contribution in [2.45, 2.75) is 25.4 Å². The molecule has 0 aromatic heterocycles. The number of piperazine rings is 1. The van der Waals surface area contributed by atoms with Crippen molar-refractivity contribution in [1.82, 2.24) is 19.9 Å². The molecule has 2 saturated heterocycles. The van der Waals surface area contributed by atoms with Gasteiger partial charge in [0.05, 0.1) is 0 Å². The van der Waals surface area contributed by atoms with E-state index in [-0.39, 0.29) is 12.0 Å². The molecule has 0 amide bonds. The van der Waals surface area contributed by atoms with Gasteiger partial charge in [-0.3, -0.25) is 9.69 Å². The van der Waals surface area contributed by atoms with Crippen molar-refractivity contribution < 1.29 is 18.7 Å². The third-order valence-electron chi connectivity index (χ3n) is 6.28. The zero-order valence-corrected chi connectivity index (χ0v) is 18.6. The second-order valence-electron chi connectivity index (χ2n) is 8.59. The highest BCUT2D eigenvalue weighted by atomic mass is 19.1. The van der Waals surface area contributed by atoms with E-state index >= 15 is 0 Å². The van der Waals surface area contributed by atoms with Crippen LogP contribution >= 0.6 is 0 Å². The lowest BCUT2D eigenvalue weighted by Gasteiger charge is -2.44. The molecule has 174 valence electrons. The quantitative estimate of drug-likeness (QED) is 0.595. The van der Waals surface area contributed by atoms with Crippen molar-refractivity contribution in [3.05, 3.63) is 65.5 Å². The number of carbonyl (C=O) groups excluding carboxylic acids is 1. The molecule has 2 fully saturated rings. The number of aldehydes is 1. The fourth-order valence-corrected chi connectivity index (χ4v) is 4.17. The molecule has 5 rings (SSSR count). The summed E-state index contributed by atoms with van der Waals surface area (Å²) in [7, 11) is 2.10. The molecule has 0 spiro atoms. The SMILES string of the molecule is CN1CCN(Cc2ccc(OC3CCN3N3N=C(c4ccccc4)OC3C=O)cc2F)CC1. The first-order valence-electron chi connectivity index (χ1n) is 11.3. The number of hydrogen-bond acceptors (Lipinski definition) is 8. The Labute approximate surface area is 192 Å². The summed E-state index contributed by atoms with van der Waals surface area (Å²) in [5.41, 5.74) is 1.46. The largest absolute Gasteiger partial charge is 0.473 e. The van der Waals surface area contributed by atoms with Gasteiger partial charge in [-0.2, -0.15) is 10.1 Å². The van der Waals surface area contributed by atoms with Gasteiger partial charge in [0.1, 0.15) is 11.6 Å². The Morgan fingerprint density at radius 2 is 1.91 bits per heavy atom. The van der Waals surface area contributed by atoms with Crippen molar-refractivity contribution in [3.8, 4) is 5.75 Å². The van der Waals surface area contributed by atoms with E-state index in [0.717, 1.165) is 38.2 Å². The molecule has 0 radical (unpaired) electrons. The van der Waals surface area contributed by atoms with Crippen molar-refractivity contribution >= 4 is 12.2 Å². The first-order valence-corrected chi connectivity index (χ1v) is 11.3. The van der Waals surface area contributed by atoms with Gasteiger partial charge >= 0.3 is 0 Å². The third-order valence-corrected chi connectivity index (χ3v) is 6.28. The van der Waals surface area contributed by atoms with Crippen molar-refractivity contribution in [3.63, 3.8) is 0 Å². The fourth-order valence-electron chi connectivity index (χ4n) is 4.17. The summed E-state index contributed by atoms with van der Waals surface area (Å²) < 4.78 is 26.5. The first kappa shape index (κ1) is 21.8. The van der Waals surface area contributed by atoms with Crippen molar-refractivity contribution in [2.75, 3.05) is 39.8 Å². The monoisotopic (exact) mass is 453 g/mol. The number of rotatable bonds is 7. The Bertz CT molecular complexity index is 1010. The molecule has 9 heteroatoms. The van der Waals surface area contributed by atoms with E-state index in [1.165, 1.54) is 11.2 Å². The Morgan fingerprint density at radius 3 is 2.58 bits per heavy atom. The number of hydrazone groups is 1. The smallest absolute Gasteiger partial charge is 0.260 e. The number of benzene rings is 2. The predicted octanol–water partition coefficient (Wildman–Crippen LogP) is 2.12. The van der Waals surface area contributed by atoms with Gasteiger partial charge in [0.25, 0.3) is 6.23 Å². The molecule has 33 heavy (non-hydrogen) atoms. The molecule has 2 aromatic carbocycles. The average Bonchev–Trinajstić information content (AvgIpc) is 3.24. The minimum Gasteiger partial charge on any atom is -0.473 e. The Kier molecular flexibility index (Phi) is 6.26. The van der Waals surface area contributed by atoms with Gasteiger partial charge in [0.15, 0.2) is 12.5 Å². The van der Waals surface area contributed by atoms with Crippen LogP contribution in [-0.4, -0.2) is 84.3 Å². The molecule has 0 N–H and O–H groups in total. The van der Waals surface area contributed by atoms with Gasteiger partial charge in [0, 0.05) is 62.9 Å². The highest BCUT2D eigenvalue weighted by Crippen LogP contribution is 2.29. The number of likely N-dealkylation sites (N-methyl/N-ethyl adjacent to an activating group) is 1. The van der Waals surface area contributed by atoms with E-state index in [9.17, 15) is 9.18 Å². The number of halogens is 1. The summed E-state index contributed by atoms with van der Waals surface area (Å²) in [5.74, 6) is 0.578. The number of hydrazine groups is 1. The van der Waals surface area contributed by atoms with Crippen LogP contribution in [0.15, 0.2) is 53.6 Å². The van der Waals surface area contributed by atoms with Crippen molar-refractivity contribution in [2.24, 2.45) is 5.10 Å². The number of ether oxygens (including phenoxy) is 2. The van der Waals surface area contributed by atoms with E-state index in [0.29, 0.717) is 36.6 Å². The molecule has 0 saturated carbocycles. The lowest BCUT2D eigenvalue weighted by molar-refractivity contribution is -0.218. The van der Waals surface area contributed by atoms with Gasteiger partial charge in [0.2, 0.25) is 5.90 Å². The fraction of sp³-hybridized carbons (Fsp3) is 0.417. The minimum absolute atomic E-state index is 0.267. The van der Waals surface area contributed by atoms with Crippen LogP contribution in [0.5, 0.6) is 5.75 Å². The zero-order valence-electron chi connectivity index (χ0n) is 18.6. The van der Waals surface area contributed by atoms with E-state index in [4.69, 9.17) is 9.47 Å². The minimum atomic E-state index is -0.852. The van der Waals surface area contributed by atoms with Crippen LogP contribution < -0.4 is 4.74 Å². The summed E-state index contributed by atoms with van der Waals surface area (Å²) in [6, 6.07) is 14.5. The number of nitrogens with zero attached hydrogens (tertiary/aromatic N) is 5. The molecule has 3 heterocycles. The van der Waals surface area contributed by atoms with Crippen LogP contribution in [0.1, 0.15) is 17.5 Å². The molecule has 2 atom stereocenters. The van der Waals surface area contributed by atoms with Gasteiger partial charge in [-0.1, -0.05) is 24.3 Å². The molecule has 3 aliphatic heterocycles. The van der Waals surface area contributed by atoms with Crippen LogP contribution in [0.3, 0.4) is 0 Å². The molecule has 0 aliphatic carbocycles. The van der Waals surface area contributed by atoms with Gasteiger partial charge in [-0.15, -0.1) is 5.10 Å². The summed E-state index contributed by atoms with van der Waals surface area (Å²) in [4.78, 5) is 16.1. The molecule has 2 aromatic rings. The average molecular weight is 454 g/mol. The van der Waals surface area contributed by atoms with Gasteiger partial charge in [-0.25, -0.2) is 4.39 Å². The molecule has 3 aliphatic rings. The molecule has 0 bridgehead atoms. The standard InChI is InChI=1S/C24H28FN5O3/c1-27-11-13-28(14-12-27)16-19-7-8-20(15-21(19)25)32-22-9-10-29(22)30-23(17-31)33-24(26-30)18-5-3-2-4-6-18/h2-8,15,17,22-23H,9-14,16H2,1H3. The first-order chi connectivity index (χ1) is 16.1. The maximum atomic E-state index is 14.8. The second kappa shape index (κ2) is 9.46. The predicted molar refractivity (Wildman–Crippen MR) is 121 cm³/mol. The molecular weight excluding hydrogens is 425 g/mol. The van der Waals surface area contributed by atoms with E-state index in [1.54, 1.807) is 12.1 Å². The summed E-state index contributed by atoms with van der Waals surface area (Å²) in [6.45, 7) is 5.12. The molecule has 2 unspecified atom stereocenters. The van der Waals surface area contributed by atoms with Crippen LogP contribution in [0.25, 0.3) is 0 Å². The summed E-state index contributed by atoms with van der Waals surface area (Å²) >= 11 is 0. The Hall–Kier alpha value is -3.01. The number of hydrogen-bond donors (Lipinski definition) is 0. The van der Waals surface area contributed by atoms with Gasteiger partial charge < -0.3 is 14.4 Å². The van der Waals surface area contributed by atoms with Crippen LogP contribution in [0, 0.1) is 5.82 Å². The maximum absolute atomic E-state index is 14.8. The van der Waals surface area contributed by atoms with Crippen LogP contribution in [-0.2, 0) is 16.1 Å². The Balaban J connectivity index is 1.23. The van der Waals surface area contributed by atoms with E-state index in [1.807, 2.05) is 35.3 Å². The lowest BCUT2D eigenvalue weighted by atomic mass is 10.1. The Morgan fingerprint density at radius 1 is 1.12 bits per heavy atom.